The van der Waals surface area contributed by atoms with Crippen LogP contribution in [0.2, 0.25) is 0 Å². The first-order valence-electron chi connectivity index (χ1n) is 9.42. The van der Waals surface area contributed by atoms with Crippen LogP contribution in [0, 0.1) is 0 Å². The highest BCUT2D eigenvalue weighted by Gasteiger charge is 2.16. The molecule has 2 aliphatic heterocycles. The van der Waals surface area contributed by atoms with Crippen molar-refractivity contribution < 1.29 is 9.47 Å². The first-order chi connectivity index (χ1) is 13.8. The molecule has 7 nitrogen and oxygen atoms in total. The van der Waals surface area contributed by atoms with Gasteiger partial charge >= 0.3 is 0 Å². The van der Waals surface area contributed by atoms with Crippen LogP contribution in [0.3, 0.4) is 0 Å². The lowest BCUT2D eigenvalue weighted by Crippen LogP contribution is -2.28. The second kappa shape index (κ2) is 7.44. The molecule has 0 aliphatic carbocycles. The van der Waals surface area contributed by atoms with Crippen LogP contribution in [-0.2, 0) is 13.1 Å². The Morgan fingerprint density at radius 1 is 1.04 bits per heavy atom. The van der Waals surface area contributed by atoms with Crippen LogP contribution < -0.4 is 9.47 Å². The van der Waals surface area contributed by atoms with Crippen LogP contribution in [0.15, 0.2) is 55.1 Å². The smallest absolute Gasteiger partial charge is 0.231 e. The predicted octanol–water partition coefficient (Wildman–Crippen LogP) is 2.74. The Labute approximate surface area is 163 Å². The second-order valence-corrected chi connectivity index (χ2v) is 6.99. The third-order valence-electron chi connectivity index (χ3n) is 5.06. The number of hydrogen-bond donors (Lipinski definition) is 0. The standard InChI is InChI=1S/C21H21N5O2/c1-6-22-21(23-7-1)14-25-8-4-17(5-9-25)18-11-24-26(13-18)12-16-2-3-19-20(10-16)28-15-27-19/h1-4,6-7,10-11,13H,5,8-9,12,14-15H2. The first-order valence-corrected chi connectivity index (χ1v) is 9.42. The van der Waals surface area contributed by atoms with Gasteiger partial charge in [0.1, 0.15) is 5.82 Å². The second-order valence-electron chi connectivity index (χ2n) is 6.99. The summed E-state index contributed by atoms with van der Waals surface area (Å²) >= 11 is 0. The summed E-state index contributed by atoms with van der Waals surface area (Å²) in [5.41, 5.74) is 3.68. The summed E-state index contributed by atoms with van der Waals surface area (Å²) in [4.78, 5) is 11.0. The lowest BCUT2D eigenvalue weighted by Gasteiger charge is -2.25. The molecule has 0 atom stereocenters. The average molecular weight is 375 g/mol. The first kappa shape index (κ1) is 16.9. The lowest BCUT2D eigenvalue weighted by atomic mass is 10.0. The Kier molecular flexibility index (Phi) is 4.50. The SMILES string of the molecule is C1=C(c2cnn(Cc3ccc4c(c3)OCO4)c2)CCN(Cc2ncccn2)C1. The molecule has 0 unspecified atom stereocenters. The summed E-state index contributed by atoms with van der Waals surface area (Å²) in [7, 11) is 0. The number of ether oxygens (including phenoxy) is 2. The van der Waals surface area contributed by atoms with Crippen molar-refractivity contribution in [2.24, 2.45) is 0 Å². The van der Waals surface area contributed by atoms with Crippen LogP contribution >= 0.6 is 0 Å². The molecule has 0 fully saturated rings. The third-order valence-corrected chi connectivity index (χ3v) is 5.06. The molecule has 0 amide bonds. The maximum atomic E-state index is 5.46. The molecule has 0 saturated heterocycles. The molecule has 0 spiro atoms. The summed E-state index contributed by atoms with van der Waals surface area (Å²) < 4.78 is 12.8. The lowest BCUT2D eigenvalue weighted by molar-refractivity contribution is 0.174. The molecule has 2 aliphatic rings. The van der Waals surface area contributed by atoms with E-state index in [9.17, 15) is 0 Å². The van der Waals surface area contributed by atoms with Gasteiger partial charge in [0.2, 0.25) is 6.79 Å². The molecule has 2 aromatic heterocycles. The van der Waals surface area contributed by atoms with Crippen molar-refractivity contribution in [1.82, 2.24) is 24.6 Å². The van der Waals surface area contributed by atoms with Gasteiger partial charge in [-0.25, -0.2) is 9.97 Å². The van der Waals surface area contributed by atoms with Gasteiger partial charge in [-0.05, 0) is 35.8 Å². The number of hydrogen-bond acceptors (Lipinski definition) is 6. The Morgan fingerprint density at radius 3 is 2.79 bits per heavy atom. The van der Waals surface area contributed by atoms with Gasteiger partial charge in [-0.1, -0.05) is 12.1 Å². The Bertz CT molecular complexity index is 999. The maximum Gasteiger partial charge on any atom is 0.231 e. The Morgan fingerprint density at radius 2 is 1.93 bits per heavy atom. The van der Waals surface area contributed by atoms with E-state index in [1.807, 2.05) is 29.1 Å². The highest BCUT2D eigenvalue weighted by atomic mass is 16.7. The van der Waals surface area contributed by atoms with E-state index in [1.165, 1.54) is 11.1 Å². The minimum Gasteiger partial charge on any atom is -0.454 e. The van der Waals surface area contributed by atoms with Crippen molar-refractivity contribution in [1.29, 1.82) is 0 Å². The van der Waals surface area contributed by atoms with E-state index in [-0.39, 0.29) is 0 Å². The minimum atomic E-state index is 0.298. The minimum absolute atomic E-state index is 0.298. The number of aromatic nitrogens is 4. The number of fused-ring (bicyclic) bond motifs is 1. The van der Waals surface area contributed by atoms with E-state index < -0.39 is 0 Å². The fraction of sp³-hybridized carbons (Fsp3) is 0.286. The highest BCUT2D eigenvalue weighted by molar-refractivity contribution is 5.65. The van der Waals surface area contributed by atoms with Gasteiger partial charge in [-0.3, -0.25) is 9.58 Å². The normalized spacial score (nSPS) is 16.2. The molecule has 142 valence electrons. The van der Waals surface area contributed by atoms with Crippen LogP contribution in [0.25, 0.3) is 5.57 Å². The van der Waals surface area contributed by atoms with Crippen molar-refractivity contribution in [3.63, 3.8) is 0 Å². The van der Waals surface area contributed by atoms with E-state index in [0.717, 1.165) is 48.9 Å². The Hall–Kier alpha value is -3.19. The van der Waals surface area contributed by atoms with Crippen LogP contribution in [0.1, 0.15) is 23.4 Å². The molecule has 0 radical (unpaired) electrons. The quantitative estimate of drug-likeness (QED) is 0.683. The molecule has 0 N–H and O–H groups in total. The molecule has 0 saturated carbocycles. The van der Waals surface area contributed by atoms with E-state index in [2.05, 4.69) is 38.3 Å². The molecule has 5 rings (SSSR count). The van der Waals surface area contributed by atoms with Crippen LogP contribution in [-0.4, -0.2) is 44.5 Å². The Balaban J connectivity index is 1.23. The van der Waals surface area contributed by atoms with Crippen molar-refractivity contribution in [2.75, 3.05) is 19.9 Å². The fourth-order valence-corrected chi connectivity index (χ4v) is 3.57. The predicted molar refractivity (Wildman–Crippen MR) is 104 cm³/mol. The highest BCUT2D eigenvalue weighted by Crippen LogP contribution is 2.32. The number of rotatable bonds is 5. The van der Waals surface area contributed by atoms with Gasteiger partial charge in [-0.2, -0.15) is 5.10 Å². The van der Waals surface area contributed by atoms with Crippen LogP contribution in [0.4, 0.5) is 0 Å². The van der Waals surface area contributed by atoms with Gasteiger partial charge in [0.15, 0.2) is 11.5 Å². The molecule has 0 bridgehead atoms. The molecule has 28 heavy (non-hydrogen) atoms. The molecule has 7 heteroatoms. The van der Waals surface area contributed by atoms with Crippen molar-refractivity contribution >= 4 is 5.57 Å². The summed E-state index contributed by atoms with van der Waals surface area (Å²) in [6, 6.07) is 7.88. The van der Waals surface area contributed by atoms with Crippen molar-refractivity contribution in [3.8, 4) is 11.5 Å². The zero-order valence-corrected chi connectivity index (χ0v) is 15.5. The van der Waals surface area contributed by atoms with Gasteiger partial charge in [-0.15, -0.1) is 0 Å². The molecule has 1 aromatic carbocycles. The monoisotopic (exact) mass is 375 g/mol. The number of nitrogens with zero attached hydrogens (tertiary/aromatic N) is 5. The van der Waals surface area contributed by atoms with Crippen LogP contribution in [0.5, 0.6) is 11.5 Å². The summed E-state index contributed by atoms with van der Waals surface area (Å²) in [6.45, 7) is 3.69. The number of benzene rings is 1. The van der Waals surface area contributed by atoms with Crippen molar-refractivity contribution in [3.05, 3.63) is 72.1 Å². The van der Waals surface area contributed by atoms with E-state index in [1.54, 1.807) is 12.4 Å². The molecule has 3 aromatic rings. The zero-order valence-electron chi connectivity index (χ0n) is 15.5. The van der Waals surface area contributed by atoms with E-state index in [4.69, 9.17) is 9.47 Å². The van der Waals surface area contributed by atoms with E-state index >= 15 is 0 Å². The molecular formula is C21H21N5O2. The fourth-order valence-electron chi connectivity index (χ4n) is 3.57. The average Bonchev–Trinajstić information content (AvgIpc) is 3.39. The zero-order chi connectivity index (χ0) is 18.8. The van der Waals surface area contributed by atoms with Gasteiger partial charge < -0.3 is 9.47 Å². The largest absolute Gasteiger partial charge is 0.454 e. The molecule has 4 heterocycles. The summed E-state index contributed by atoms with van der Waals surface area (Å²) in [5.74, 6) is 2.49. The third kappa shape index (κ3) is 3.61. The topological polar surface area (TPSA) is 65.3 Å². The summed E-state index contributed by atoms with van der Waals surface area (Å²) in [5, 5.41) is 4.54. The van der Waals surface area contributed by atoms with Gasteiger partial charge in [0, 0.05) is 37.2 Å². The summed E-state index contributed by atoms with van der Waals surface area (Å²) in [6.07, 6.45) is 10.9. The van der Waals surface area contributed by atoms with E-state index in [0.29, 0.717) is 13.3 Å². The van der Waals surface area contributed by atoms with Gasteiger partial charge in [0.05, 0.1) is 19.3 Å². The van der Waals surface area contributed by atoms with Crippen molar-refractivity contribution in [2.45, 2.75) is 19.5 Å². The maximum absolute atomic E-state index is 5.46. The van der Waals surface area contributed by atoms with Gasteiger partial charge in [0.25, 0.3) is 0 Å². The molecular weight excluding hydrogens is 354 g/mol.